The van der Waals surface area contributed by atoms with Crippen molar-refractivity contribution in [3.05, 3.63) is 0 Å². The second kappa shape index (κ2) is 8.98. The van der Waals surface area contributed by atoms with Crippen LogP contribution in [0.1, 0.15) is 39.5 Å². The van der Waals surface area contributed by atoms with Crippen LogP contribution < -0.4 is 0 Å². The standard InChI is InChI=1S/C16H30O4/c1-3-13-9-19-15(13)11-17-7-5-6-8-18-12-16-14(4-2)10-20-16/h13-16H,3-12H2,1-2H3. The molecule has 2 aliphatic heterocycles. The topological polar surface area (TPSA) is 36.9 Å². The van der Waals surface area contributed by atoms with Gasteiger partial charge in [-0.2, -0.15) is 0 Å². The molecule has 0 bridgehead atoms. The molecule has 0 spiro atoms. The first-order valence-corrected chi connectivity index (χ1v) is 8.23. The summed E-state index contributed by atoms with van der Waals surface area (Å²) in [4.78, 5) is 0. The van der Waals surface area contributed by atoms with Crippen LogP contribution in [0.5, 0.6) is 0 Å². The summed E-state index contributed by atoms with van der Waals surface area (Å²) in [7, 11) is 0. The molecule has 4 heteroatoms. The van der Waals surface area contributed by atoms with Gasteiger partial charge in [0.25, 0.3) is 0 Å². The molecule has 2 rings (SSSR count). The van der Waals surface area contributed by atoms with E-state index < -0.39 is 0 Å². The van der Waals surface area contributed by atoms with Crippen molar-refractivity contribution in [2.45, 2.75) is 51.7 Å². The van der Waals surface area contributed by atoms with Gasteiger partial charge in [0, 0.05) is 25.0 Å². The minimum absolute atomic E-state index is 0.345. The summed E-state index contributed by atoms with van der Waals surface area (Å²) in [6, 6.07) is 0. The van der Waals surface area contributed by atoms with E-state index >= 15 is 0 Å². The van der Waals surface area contributed by atoms with Crippen LogP contribution in [-0.2, 0) is 18.9 Å². The highest BCUT2D eigenvalue weighted by Gasteiger charge is 2.31. The van der Waals surface area contributed by atoms with E-state index in [4.69, 9.17) is 18.9 Å². The second-order valence-electron chi connectivity index (χ2n) is 5.94. The number of ether oxygens (including phenoxy) is 4. The van der Waals surface area contributed by atoms with Crippen molar-refractivity contribution in [3.63, 3.8) is 0 Å². The minimum atomic E-state index is 0.345. The molecule has 0 N–H and O–H groups in total. The Morgan fingerprint density at radius 1 is 0.800 bits per heavy atom. The molecule has 0 aliphatic carbocycles. The first-order valence-electron chi connectivity index (χ1n) is 8.23. The van der Waals surface area contributed by atoms with Gasteiger partial charge in [0.05, 0.1) is 38.6 Å². The fraction of sp³-hybridized carbons (Fsp3) is 1.00. The Morgan fingerprint density at radius 2 is 1.25 bits per heavy atom. The number of unbranched alkanes of at least 4 members (excludes halogenated alkanes) is 1. The molecule has 118 valence electrons. The van der Waals surface area contributed by atoms with E-state index in [9.17, 15) is 0 Å². The maximum Gasteiger partial charge on any atom is 0.0858 e. The van der Waals surface area contributed by atoms with Crippen LogP contribution in [-0.4, -0.2) is 51.8 Å². The quantitative estimate of drug-likeness (QED) is 0.547. The van der Waals surface area contributed by atoms with E-state index in [0.29, 0.717) is 24.0 Å². The van der Waals surface area contributed by atoms with E-state index in [0.717, 1.165) is 52.5 Å². The van der Waals surface area contributed by atoms with Crippen LogP contribution in [0.15, 0.2) is 0 Å². The molecule has 0 amide bonds. The van der Waals surface area contributed by atoms with Crippen molar-refractivity contribution < 1.29 is 18.9 Å². The van der Waals surface area contributed by atoms with Gasteiger partial charge in [-0.3, -0.25) is 0 Å². The van der Waals surface area contributed by atoms with Crippen molar-refractivity contribution in [2.75, 3.05) is 39.6 Å². The monoisotopic (exact) mass is 286 g/mol. The molecule has 0 aromatic heterocycles. The Hall–Kier alpha value is -0.160. The highest BCUT2D eigenvalue weighted by molar-refractivity contribution is 4.77. The van der Waals surface area contributed by atoms with Gasteiger partial charge < -0.3 is 18.9 Å². The molecule has 4 nitrogen and oxygen atoms in total. The predicted molar refractivity (Wildman–Crippen MR) is 77.9 cm³/mol. The van der Waals surface area contributed by atoms with Crippen molar-refractivity contribution in [2.24, 2.45) is 11.8 Å². The molecule has 2 heterocycles. The minimum Gasteiger partial charge on any atom is -0.379 e. The predicted octanol–water partition coefficient (Wildman–Crippen LogP) is 2.65. The zero-order chi connectivity index (χ0) is 14.2. The maximum absolute atomic E-state index is 5.66. The molecular formula is C16H30O4. The van der Waals surface area contributed by atoms with E-state index in [1.165, 1.54) is 12.8 Å². The lowest BCUT2D eigenvalue weighted by molar-refractivity contribution is -0.149. The van der Waals surface area contributed by atoms with E-state index in [2.05, 4.69) is 13.8 Å². The molecule has 4 atom stereocenters. The van der Waals surface area contributed by atoms with Gasteiger partial charge in [0.2, 0.25) is 0 Å². The number of rotatable bonds is 11. The Balaban J connectivity index is 1.34. The van der Waals surface area contributed by atoms with Gasteiger partial charge in [-0.15, -0.1) is 0 Å². The molecule has 0 saturated carbocycles. The summed E-state index contributed by atoms with van der Waals surface area (Å²) >= 11 is 0. The fourth-order valence-electron chi connectivity index (χ4n) is 2.67. The summed E-state index contributed by atoms with van der Waals surface area (Å²) in [6.07, 6.45) is 5.21. The van der Waals surface area contributed by atoms with Crippen LogP contribution in [0, 0.1) is 11.8 Å². The largest absolute Gasteiger partial charge is 0.379 e. The molecule has 2 saturated heterocycles. The van der Waals surface area contributed by atoms with Gasteiger partial charge in [0.1, 0.15) is 0 Å². The molecule has 0 radical (unpaired) electrons. The third-order valence-corrected chi connectivity index (χ3v) is 4.54. The zero-order valence-corrected chi connectivity index (χ0v) is 13.0. The van der Waals surface area contributed by atoms with Gasteiger partial charge >= 0.3 is 0 Å². The maximum atomic E-state index is 5.66. The molecular weight excluding hydrogens is 256 g/mol. The molecule has 4 unspecified atom stereocenters. The number of hydrogen-bond acceptors (Lipinski definition) is 4. The third kappa shape index (κ3) is 4.69. The lowest BCUT2D eigenvalue weighted by Gasteiger charge is -2.36. The zero-order valence-electron chi connectivity index (χ0n) is 13.0. The summed E-state index contributed by atoms with van der Waals surface area (Å²) < 4.78 is 22.3. The first-order chi connectivity index (χ1) is 9.85. The Morgan fingerprint density at radius 3 is 1.55 bits per heavy atom. The Labute approximate surface area is 123 Å². The van der Waals surface area contributed by atoms with E-state index in [1.807, 2.05) is 0 Å². The SMILES string of the molecule is CCC1COC1COCCCCOCC1OCC1CC. The first kappa shape index (κ1) is 16.2. The van der Waals surface area contributed by atoms with Gasteiger partial charge in [-0.05, 0) is 25.7 Å². The summed E-state index contributed by atoms with van der Waals surface area (Å²) in [5, 5.41) is 0. The lowest BCUT2D eigenvalue weighted by Crippen LogP contribution is -2.42. The van der Waals surface area contributed by atoms with Crippen molar-refractivity contribution in [1.82, 2.24) is 0 Å². The van der Waals surface area contributed by atoms with Crippen LogP contribution in [0.3, 0.4) is 0 Å². The average Bonchev–Trinajstić information content (AvgIpc) is 2.39. The van der Waals surface area contributed by atoms with Gasteiger partial charge in [-0.1, -0.05) is 13.8 Å². The molecule has 0 aromatic carbocycles. The molecule has 2 aliphatic rings. The Kier molecular flexibility index (Phi) is 7.28. The van der Waals surface area contributed by atoms with Crippen molar-refractivity contribution in [3.8, 4) is 0 Å². The van der Waals surface area contributed by atoms with Crippen molar-refractivity contribution >= 4 is 0 Å². The number of hydrogen-bond donors (Lipinski definition) is 0. The van der Waals surface area contributed by atoms with Crippen molar-refractivity contribution in [1.29, 1.82) is 0 Å². The van der Waals surface area contributed by atoms with Crippen LogP contribution in [0.25, 0.3) is 0 Å². The second-order valence-corrected chi connectivity index (χ2v) is 5.94. The third-order valence-electron chi connectivity index (χ3n) is 4.54. The molecule has 20 heavy (non-hydrogen) atoms. The molecule has 0 aromatic rings. The highest BCUT2D eigenvalue weighted by Crippen LogP contribution is 2.24. The van der Waals surface area contributed by atoms with E-state index in [1.54, 1.807) is 0 Å². The highest BCUT2D eigenvalue weighted by atomic mass is 16.6. The average molecular weight is 286 g/mol. The van der Waals surface area contributed by atoms with Crippen LogP contribution in [0.4, 0.5) is 0 Å². The van der Waals surface area contributed by atoms with Gasteiger partial charge in [-0.25, -0.2) is 0 Å². The summed E-state index contributed by atoms with van der Waals surface area (Å²) in [5.74, 6) is 1.43. The van der Waals surface area contributed by atoms with Crippen LogP contribution in [0.2, 0.25) is 0 Å². The smallest absolute Gasteiger partial charge is 0.0858 e. The Bertz CT molecular complexity index is 229. The summed E-state index contributed by atoms with van der Waals surface area (Å²) in [5.41, 5.74) is 0. The van der Waals surface area contributed by atoms with E-state index in [-0.39, 0.29) is 0 Å². The summed E-state index contributed by atoms with van der Waals surface area (Å²) in [6.45, 7) is 9.41. The lowest BCUT2D eigenvalue weighted by atomic mass is 9.96. The van der Waals surface area contributed by atoms with Crippen LogP contribution >= 0.6 is 0 Å². The normalized spacial score (nSPS) is 32.7. The van der Waals surface area contributed by atoms with Gasteiger partial charge in [0.15, 0.2) is 0 Å². The molecule has 2 fully saturated rings. The fourth-order valence-corrected chi connectivity index (χ4v) is 2.67.